The van der Waals surface area contributed by atoms with Crippen molar-refractivity contribution in [2.24, 2.45) is 5.73 Å². The van der Waals surface area contributed by atoms with E-state index >= 15 is 0 Å². The van der Waals surface area contributed by atoms with E-state index in [0.29, 0.717) is 5.75 Å². The first-order chi connectivity index (χ1) is 5.24. The van der Waals surface area contributed by atoms with Crippen LogP contribution in [0.3, 0.4) is 0 Å². The largest absolute Gasteiger partial charge is 0.568 e. The monoisotopic (exact) mass is 147 g/mol. The quantitative estimate of drug-likeness (QED) is 0.637. The smallest absolute Gasteiger partial charge is 0.374 e. The summed E-state index contributed by atoms with van der Waals surface area (Å²) in [5.74, 6) is 0.648. The zero-order valence-corrected chi connectivity index (χ0v) is 6.45. The highest BCUT2D eigenvalue weighted by atomic mass is 16.4. The molecule has 3 heteroatoms. The zero-order chi connectivity index (χ0) is 8.27. The summed E-state index contributed by atoms with van der Waals surface area (Å²) in [4.78, 5) is 0. The van der Waals surface area contributed by atoms with Gasteiger partial charge in [0.2, 0.25) is 0 Å². The molecule has 0 amide bonds. The molecule has 56 valence electrons. The van der Waals surface area contributed by atoms with Gasteiger partial charge < -0.3 is 10.4 Å². The molecular formula is C8H10BNO. The van der Waals surface area contributed by atoms with Gasteiger partial charge in [-0.3, -0.25) is 0 Å². The van der Waals surface area contributed by atoms with Crippen molar-refractivity contribution in [1.82, 2.24) is 0 Å². The van der Waals surface area contributed by atoms with Crippen LogP contribution in [0.4, 0.5) is 0 Å². The number of hydrogen-bond donors (Lipinski definition) is 1. The molecule has 1 aromatic carbocycles. The Bertz CT molecular complexity index is 220. The van der Waals surface area contributed by atoms with Crippen LogP contribution in [0.2, 0.25) is 0 Å². The second-order valence-corrected chi connectivity index (χ2v) is 2.48. The van der Waals surface area contributed by atoms with Gasteiger partial charge in [0.1, 0.15) is 0 Å². The lowest BCUT2D eigenvalue weighted by molar-refractivity contribution is 0.615. The molecule has 0 fully saturated rings. The first kappa shape index (κ1) is 8.14. The van der Waals surface area contributed by atoms with E-state index in [0.717, 1.165) is 5.56 Å². The van der Waals surface area contributed by atoms with Crippen LogP contribution in [-0.2, 0) is 0 Å². The van der Waals surface area contributed by atoms with Crippen molar-refractivity contribution in [2.45, 2.75) is 13.0 Å². The van der Waals surface area contributed by atoms with E-state index < -0.39 is 0 Å². The lowest BCUT2D eigenvalue weighted by atomic mass is 10.1. The van der Waals surface area contributed by atoms with Crippen LogP contribution in [-0.4, -0.2) is 8.05 Å². The summed E-state index contributed by atoms with van der Waals surface area (Å²) in [5, 5.41) is 0. The van der Waals surface area contributed by atoms with Gasteiger partial charge in [-0.2, -0.15) is 0 Å². The number of benzene rings is 1. The van der Waals surface area contributed by atoms with E-state index in [1.54, 1.807) is 12.1 Å². The first-order valence-corrected chi connectivity index (χ1v) is 3.46. The predicted octanol–water partition coefficient (Wildman–Crippen LogP) is 1.17. The molecule has 0 saturated heterocycles. The second-order valence-electron chi connectivity index (χ2n) is 2.48. The van der Waals surface area contributed by atoms with Crippen molar-refractivity contribution in [1.29, 1.82) is 0 Å². The molecule has 0 aromatic heterocycles. The average Bonchev–Trinajstić information content (AvgIpc) is 2.05. The Balaban J connectivity index is 2.83. The van der Waals surface area contributed by atoms with Crippen molar-refractivity contribution < 1.29 is 4.65 Å². The molecule has 0 spiro atoms. The third kappa shape index (κ3) is 1.98. The van der Waals surface area contributed by atoms with E-state index in [1.165, 1.54) is 0 Å². The van der Waals surface area contributed by atoms with Gasteiger partial charge in [0.15, 0.2) is 0 Å². The zero-order valence-electron chi connectivity index (χ0n) is 6.45. The normalized spacial score (nSPS) is 12.5. The van der Waals surface area contributed by atoms with Crippen molar-refractivity contribution in [3.63, 3.8) is 0 Å². The lowest BCUT2D eigenvalue weighted by Crippen LogP contribution is -2.04. The van der Waals surface area contributed by atoms with Gasteiger partial charge in [0.05, 0.1) is 5.75 Å². The highest BCUT2D eigenvalue weighted by Gasteiger charge is 1.97. The summed E-state index contributed by atoms with van der Waals surface area (Å²) in [5.41, 5.74) is 6.71. The van der Waals surface area contributed by atoms with Gasteiger partial charge >= 0.3 is 8.05 Å². The van der Waals surface area contributed by atoms with Crippen LogP contribution in [0.5, 0.6) is 5.75 Å². The Morgan fingerprint density at radius 1 is 1.36 bits per heavy atom. The van der Waals surface area contributed by atoms with Crippen molar-refractivity contribution in [3.05, 3.63) is 29.8 Å². The van der Waals surface area contributed by atoms with Crippen LogP contribution >= 0.6 is 0 Å². The highest BCUT2D eigenvalue weighted by Crippen LogP contribution is 2.14. The average molecular weight is 147 g/mol. The molecule has 0 heterocycles. The molecule has 11 heavy (non-hydrogen) atoms. The van der Waals surface area contributed by atoms with Gasteiger partial charge in [0.25, 0.3) is 0 Å². The Morgan fingerprint density at radius 3 is 2.27 bits per heavy atom. The molecule has 0 aliphatic rings. The molecule has 0 aliphatic carbocycles. The van der Waals surface area contributed by atoms with E-state index in [-0.39, 0.29) is 6.04 Å². The second kappa shape index (κ2) is 3.44. The molecule has 0 bridgehead atoms. The minimum atomic E-state index is 0.0572. The molecule has 0 unspecified atom stereocenters. The molecular weight excluding hydrogens is 137 g/mol. The Morgan fingerprint density at radius 2 is 1.91 bits per heavy atom. The van der Waals surface area contributed by atoms with Crippen LogP contribution in [0.25, 0.3) is 0 Å². The maximum absolute atomic E-state index is 5.63. The third-order valence-electron chi connectivity index (χ3n) is 1.54. The summed E-state index contributed by atoms with van der Waals surface area (Å²) in [6.07, 6.45) is 0. The van der Waals surface area contributed by atoms with E-state index in [9.17, 15) is 0 Å². The van der Waals surface area contributed by atoms with Crippen molar-refractivity contribution >= 4 is 8.05 Å². The Hall–Kier alpha value is -0.955. The standard InChI is InChI=1S/C8H10BNO/c1-6(10)7-2-4-8(11-9)5-3-7/h2-6H,10H2,1H3/t6-/m0/s1. The maximum Gasteiger partial charge on any atom is 0.374 e. The van der Waals surface area contributed by atoms with Gasteiger partial charge in [-0.15, -0.1) is 0 Å². The van der Waals surface area contributed by atoms with Gasteiger partial charge in [-0.25, -0.2) is 0 Å². The third-order valence-corrected chi connectivity index (χ3v) is 1.54. The number of rotatable bonds is 2. The Labute approximate surface area is 67.8 Å². The van der Waals surface area contributed by atoms with Gasteiger partial charge in [-0.1, -0.05) is 12.1 Å². The van der Waals surface area contributed by atoms with Crippen molar-refractivity contribution in [2.75, 3.05) is 0 Å². The molecule has 2 radical (unpaired) electrons. The topological polar surface area (TPSA) is 35.2 Å². The summed E-state index contributed by atoms with van der Waals surface area (Å²) in [6.45, 7) is 1.93. The summed E-state index contributed by atoms with van der Waals surface area (Å²) in [6, 6.07) is 7.43. The predicted molar refractivity (Wildman–Crippen MR) is 45.4 cm³/mol. The van der Waals surface area contributed by atoms with Crippen LogP contribution in [0.1, 0.15) is 18.5 Å². The molecule has 1 rings (SSSR count). The molecule has 0 saturated carbocycles. The lowest BCUT2D eigenvalue weighted by Gasteiger charge is -2.05. The fraction of sp³-hybridized carbons (Fsp3) is 0.250. The maximum atomic E-state index is 5.63. The minimum Gasteiger partial charge on any atom is -0.568 e. The highest BCUT2D eigenvalue weighted by molar-refractivity contribution is 5.99. The summed E-state index contributed by atoms with van der Waals surface area (Å²) in [7, 11) is 4.94. The fourth-order valence-corrected chi connectivity index (χ4v) is 0.850. The van der Waals surface area contributed by atoms with Crippen LogP contribution < -0.4 is 10.4 Å². The van der Waals surface area contributed by atoms with E-state index in [1.807, 2.05) is 19.1 Å². The SMILES string of the molecule is [B]Oc1ccc([C@H](C)N)cc1. The van der Waals surface area contributed by atoms with E-state index in [2.05, 4.69) is 4.65 Å². The molecule has 2 N–H and O–H groups in total. The molecule has 0 aliphatic heterocycles. The number of nitrogens with two attached hydrogens (primary N) is 1. The van der Waals surface area contributed by atoms with Gasteiger partial charge in [-0.05, 0) is 24.6 Å². The minimum absolute atomic E-state index is 0.0572. The molecule has 1 atom stereocenters. The first-order valence-electron chi connectivity index (χ1n) is 3.46. The molecule has 1 aromatic rings. The summed E-state index contributed by atoms with van der Waals surface area (Å²) >= 11 is 0. The Kier molecular flexibility index (Phi) is 2.55. The fourth-order valence-electron chi connectivity index (χ4n) is 0.850. The van der Waals surface area contributed by atoms with Crippen molar-refractivity contribution in [3.8, 4) is 5.75 Å². The van der Waals surface area contributed by atoms with Gasteiger partial charge in [0, 0.05) is 6.04 Å². The van der Waals surface area contributed by atoms with E-state index in [4.69, 9.17) is 13.8 Å². The number of hydrogen-bond acceptors (Lipinski definition) is 2. The van der Waals surface area contributed by atoms with Crippen LogP contribution in [0.15, 0.2) is 24.3 Å². The molecule has 2 nitrogen and oxygen atoms in total. The summed E-state index contributed by atoms with van der Waals surface area (Å²) < 4.78 is 4.51. The van der Waals surface area contributed by atoms with Crippen LogP contribution in [0, 0.1) is 0 Å².